The van der Waals surface area contributed by atoms with E-state index in [0.717, 1.165) is 36.7 Å². The molecule has 0 fully saturated rings. The van der Waals surface area contributed by atoms with Crippen LogP contribution in [0.3, 0.4) is 0 Å². The second-order valence-electron chi connectivity index (χ2n) is 7.90. The van der Waals surface area contributed by atoms with Crippen molar-refractivity contribution in [3.63, 3.8) is 0 Å². The number of nitrogens with zero attached hydrogens (tertiary/aromatic N) is 1. The highest BCUT2D eigenvalue weighted by Crippen LogP contribution is 2.37. The van der Waals surface area contributed by atoms with Crippen LogP contribution in [0.25, 0.3) is 22.3 Å². The van der Waals surface area contributed by atoms with E-state index in [4.69, 9.17) is 25.5 Å². The summed E-state index contributed by atoms with van der Waals surface area (Å²) in [5.41, 5.74) is 2.43. The summed E-state index contributed by atoms with van der Waals surface area (Å²) in [5.74, 6) is 1.83. The van der Waals surface area contributed by atoms with Crippen LogP contribution in [-0.2, 0) is 0 Å². The number of fused-ring (bicyclic) bond motifs is 1. The molecule has 34 heavy (non-hydrogen) atoms. The van der Waals surface area contributed by atoms with Crippen LogP contribution in [0.5, 0.6) is 11.5 Å². The number of methoxy groups -OCH3 is 1. The molecule has 0 N–H and O–H groups in total. The molecule has 0 saturated carbocycles. The number of furan rings is 1. The van der Waals surface area contributed by atoms with Crippen molar-refractivity contribution in [2.24, 2.45) is 0 Å². The average molecular weight is 478 g/mol. The van der Waals surface area contributed by atoms with Crippen LogP contribution < -0.4 is 9.47 Å². The number of benzene rings is 3. The Hall–Kier alpha value is -3.28. The van der Waals surface area contributed by atoms with E-state index in [9.17, 15) is 4.79 Å². The Morgan fingerprint density at radius 2 is 1.62 bits per heavy atom. The van der Waals surface area contributed by atoms with Crippen LogP contribution >= 0.6 is 11.6 Å². The van der Waals surface area contributed by atoms with Gasteiger partial charge >= 0.3 is 0 Å². The molecule has 4 rings (SSSR count). The van der Waals surface area contributed by atoms with Gasteiger partial charge in [0.25, 0.3) is 0 Å². The SMILES string of the molecule is CCN(CC)CCOc1ccc(C(=O)c2c(-c3ccc(OC)cc3)oc3ccc(Cl)cc23)cc1. The summed E-state index contributed by atoms with van der Waals surface area (Å²) in [6.45, 7) is 7.72. The minimum absolute atomic E-state index is 0.137. The molecule has 0 spiro atoms. The number of rotatable bonds is 10. The van der Waals surface area contributed by atoms with Crippen LogP contribution in [0.4, 0.5) is 0 Å². The van der Waals surface area contributed by atoms with Crippen LogP contribution in [-0.4, -0.2) is 44.0 Å². The van der Waals surface area contributed by atoms with Crippen LogP contribution in [0, 0.1) is 0 Å². The van der Waals surface area contributed by atoms with E-state index in [1.165, 1.54) is 0 Å². The molecular weight excluding hydrogens is 450 g/mol. The molecule has 4 aromatic rings. The molecule has 1 heterocycles. The fourth-order valence-corrected chi connectivity index (χ4v) is 4.09. The van der Waals surface area contributed by atoms with Crippen molar-refractivity contribution < 1.29 is 18.7 Å². The second-order valence-corrected chi connectivity index (χ2v) is 8.34. The maximum atomic E-state index is 13.7. The summed E-state index contributed by atoms with van der Waals surface area (Å²) in [6.07, 6.45) is 0. The Bertz CT molecular complexity index is 1260. The maximum Gasteiger partial charge on any atom is 0.197 e. The van der Waals surface area contributed by atoms with Gasteiger partial charge in [-0.1, -0.05) is 25.4 Å². The molecule has 0 atom stereocenters. The van der Waals surface area contributed by atoms with Gasteiger partial charge in [-0.3, -0.25) is 4.79 Å². The maximum absolute atomic E-state index is 13.7. The molecule has 0 aliphatic heterocycles. The van der Waals surface area contributed by atoms with E-state index < -0.39 is 0 Å². The van der Waals surface area contributed by atoms with Gasteiger partial charge < -0.3 is 18.8 Å². The van der Waals surface area contributed by atoms with Gasteiger partial charge in [-0.25, -0.2) is 0 Å². The summed E-state index contributed by atoms with van der Waals surface area (Å²) >= 11 is 6.26. The van der Waals surface area contributed by atoms with Gasteiger partial charge in [-0.15, -0.1) is 0 Å². The summed E-state index contributed by atoms with van der Waals surface area (Å²) < 4.78 is 17.3. The lowest BCUT2D eigenvalue weighted by Crippen LogP contribution is -2.27. The summed E-state index contributed by atoms with van der Waals surface area (Å²) in [7, 11) is 1.62. The summed E-state index contributed by atoms with van der Waals surface area (Å²) in [5, 5.41) is 1.23. The van der Waals surface area contributed by atoms with Gasteiger partial charge in [-0.2, -0.15) is 0 Å². The largest absolute Gasteiger partial charge is 0.497 e. The van der Waals surface area contributed by atoms with Crippen molar-refractivity contribution in [1.82, 2.24) is 4.90 Å². The molecule has 0 radical (unpaired) electrons. The lowest BCUT2D eigenvalue weighted by Gasteiger charge is -2.18. The first kappa shape index (κ1) is 23.9. The molecule has 1 aromatic heterocycles. The van der Waals surface area contributed by atoms with Crippen LogP contribution in [0.1, 0.15) is 29.8 Å². The first-order valence-corrected chi connectivity index (χ1v) is 11.8. The van der Waals surface area contributed by atoms with E-state index in [1.807, 2.05) is 36.4 Å². The second kappa shape index (κ2) is 10.8. The van der Waals surface area contributed by atoms with E-state index in [-0.39, 0.29) is 5.78 Å². The number of ketones is 1. The molecule has 0 bridgehead atoms. The van der Waals surface area contributed by atoms with E-state index in [1.54, 1.807) is 37.4 Å². The molecule has 5 nitrogen and oxygen atoms in total. The predicted octanol–water partition coefficient (Wildman–Crippen LogP) is 6.71. The van der Waals surface area contributed by atoms with E-state index in [2.05, 4.69) is 18.7 Å². The number of ether oxygens (including phenoxy) is 2. The summed E-state index contributed by atoms with van der Waals surface area (Å²) in [6, 6.07) is 20.0. The molecule has 0 amide bonds. The number of carbonyl (C=O) groups is 1. The van der Waals surface area contributed by atoms with Crippen molar-refractivity contribution >= 4 is 28.4 Å². The van der Waals surface area contributed by atoms with Gasteiger partial charge in [0.05, 0.1) is 12.7 Å². The van der Waals surface area contributed by atoms with E-state index in [0.29, 0.717) is 39.5 Å². The zero-order chi connectivity index (χ0) is 24.1. The monoisotopic (exact) mass is 477 g/mol. The van der Waals surface area contributed by atoms with Crippen molar-refractivity contribution in [1.29, 1.82) is 0 Å². The topological polar surface area (TPSA) is 51.9 Å². The lowest BCUT2D eigenvalue weighted by atomic mass is 9.97. The van der Waals surface area contributed by atoms with Crippen molar-refractivity contribution in [2.45, 2.75) is 13.8 Å². The molecule has 0 saturated heterocycles. The van der Waals surface area contributed by atoms with Gasteiger partial charge in [0.1, 0.15) is 29.4 Å². The molecule has 0 unspecified atom stereocenters. The van der Waals surface area contributed by atoms with Gasteiger partial charge in [0, 0.05) is 28.1 Å². The van der Waals surface area contributed by atoms with Crippen LogP contribution in [0.15, 0.2) is 71.1 Å². The van der Waals surface area contributed by atoms with Crippen molar-refractivity contribution in [3.8, 4) is 22.8 Å². The molecule has 3 aromatic carbocycles. The van der Waals surface area contributed by atoms with Crippen molar-refractivity contribution in [3.05, 3.63) is 82.9 Å². The Balaban J connectivity index is 1.64. The van der Waals surface area contributed by atoms with E-state index >= 15 is 0 Å². The Kier molecular flexibility index (Phi) is 7.56. The minimum atomic E-state index is -0.137. The molecule has 176 valence electrons. The number of hydrogen-bond acceptors (Lipinski definition) is 5. The first-order valence-electron chi connectivity index (χ1n) is 11.4. The average Bonchev–Trinajstić information content (AvgIpc) is 3.25. The zero-order valence-electron chi connectivity index (χ0n) is 19.6. The number of halogens is 1. The third-order valence-corrected chi connectivity index (χ3v) is 6.15. The van der Waals surface area contributed by atoms with Crippen molar-refractivity contribution in [2.75, 3.05) is 33.4 Å². The highest BCUT2D eigenvalue weighted by molar-refractivity contribution is 6.32. The number of carbonyl (C=O) groups excluding carboxylic acids is 1. The lowest BCUT2D eigenvalue weighted by molar-refractivity contribution is 0.104. The fourth-order valence-electron chi connectivity index (χ4n) is 3.92. The normalized spacial score (nSPS) is 11.2. The van der Waals surface area contributed by atoms with Gasteiger partial charge in [-0.05, 0) is 79.8 Å². The standard InChI is InChI=1S/C28H28ClNO4/c1-4-30(5-2)16-17-33-23-13-6-19(7-14-23)27(31)26-24-18-21(29)10-15-25(24)34-28(26)20-8-11-22(32-3)12-9-20/h6-15,18H,4-5,16-17H2,1-3H3. The highest BCUT2D eigenvalue weighted by Gasteiger charge is 2.23. The minimum Gasteiger partial charge on any atom is -0.497 e. The Labute approximate surface area is 204 Å². The van der Waals surface area contributed by atoms with Gasteiger partial charge in [0.2, 0.25) is 0 Å². The van der Waals surface area contributed by atoms with Crippen LogP contribution in [0.2, 0.25) is 5.02 Å². The van der Waals surface area contributed by atoms with Gasteiger partial charge in [0.15, 0.2) is 5.78 Å². The number of hydrogen-bond donors (Lipinski definition) is 0. The summed E-state index contributed by atoms with van der Waals surface area (Å²) in [4.78, 5) is 16.0. The third-order valence-electron chi connectivity index (χ3n) is 5.92. The first-order chi connectivity index (χ1) is 16.5. The smallest absolute Gasteiger partial charge is 0.197 e. The highest BCUT2D eigenvalue weighted by atomic mass is 35.5. The fraction of sp³-hybridized carbons (Fsp3) is 0.250. The quantitative estimate of drug-likeness (QED) is 0.237. The Morgan fingerprint density at radius 1 is 0.941 bits per heavy atom. The molecular formula is C28H28ClNO4. The predicted molar refractivity (Wildman–Crippen MR) is 136 cm³/mol. The number of likely N-dealkylation sites (N-methyl/N-ethyl adjacent to an activating group) is 1. The molecule has 0 aliphatic rings. The Morgan fingerprint density at radius 3 is 2.26 bits per heavy atom. The molecule has 0 aliphatic carbocycles. The zero-order valence-corrected chi connectivity index (χ0v) is 20.4. The third kappa shape index (κ3) is 5.11. The molecule has 6 heteroatoms.